The van der Waals surface area contributed by atoms with Crippen LogP contribution in [0, 0.1) is 5.92 Å². The lowest BCUT2D eigenvalue weighted by molar-refractivity contribution is 0.0793. The van der Waals surface area contributed by atoms with Crippen LogP contribution in [0.5, 0.6) is 5.75 Å². The van der Waals surface area contributed by atoms with Gasteiger partial charge < -0.3 is 15.2 Å². The van der Waals surface area contributed by atoms with E-state index in [0.29, 0.717) is 23.9 Å². The van der Waals surface area contributed by atoms with E-state index >= 15 is 0 Å². The molecule has 1 aromatic carbocycles. The van der Waals surface area contributed by atoms with Gasteiger partial charge in [-0.05, 0) is 56.2 Å². The molecular formula is C16H23NO2. The molecule has 3 nitrogen and oxygen atoms in total. The second-order valence-electron chi connectivity index (χ2n) is 6.01. The van der Waals surface area contributed by atoms with Crippen LogP contribution in [0.1, 0.15) is 31.7 Å². The summed E-state index contributed by atoms with van der Waals surface area (Å²) in [5, 5.41) is 13.0. The van der Waals surface area contributed by atoms with Crippen molar-refractivity contribution in [3.63, 3.8) is 0 Å². The van der Waals surface area contributed by atoms with E-state index in [1.165, 1.54) is 18.4 Å². The summed E-state index contributed by atoms with van der Waals surface area (Å²) in [6, 6.07) is 8.48. The van der Waals surface area contributed by atoms with Crippen LogP contribution in [0.3, 0.4) is 0 Å². The number of hydrogen-bond acceptors (Lipinski definition) is 3. The van der Waals surface area contributed by atoms with Gasteiger partial charge in [0.05, 0.1) is 6.10 Å². The molecule has 1 aliphatic carbocycles. The maximum atomic E-state index is 9.29. The van der Waals surface area contributed by atoms with Crippen molar-refractivity contribution in [2.75, 3.05) is 6.61 Å². The number of phenolic OH excluding ortho intramolecular Hbond substituents is 1. The number of aromatic hydroxyl groups is 1. The molecule has 1 aliphatic heterocycles. The Balaban J connectivity index is 1.52. The summed E-state index contributed by atoms with van der Waals surface area (Å²) in [6.07, 6.45) is 5.27. The van der Waals surface area contributed by atoms with Crippen molar-refractivity contribution in [1.29, 1.82) is 0 Å². The van der Waals surface area contributed by atoms with Crippen LogP contribution in [0.25, 0.3) is 0 Å². The number of hydrogen-bond donors (Lipinski definition) is 2. The Morgan fingerprint density at radius 3 is 2.68 bits per heavy atom. The van der Waals surface area contributed by atoms with E-state index in [1.54, 1.807) is 12.1 Å². The van der Waals surface area contributed by atoms with Gasteiger partial charge in [0, 0.05) is 18.7 Å². The monoisotopic (exact) mass is 261 g/mol. The third-order valence-electron chi connectivity index (χ3n) is 4.20. The lowest BCUT2D eigenvalue weighted by Gasteiger charge is -2.24. The molecule has 3 unspecified atom stereocenters. The van der Waals surface area contributed by atoms with Crippen LogP contribution in [-0.4, -0.2) is 29.9 Å². The highest BCUT2D eigenvalue weighted by Gasteiger charge is 2.40. The number of nitrogens with one attached hydrogen (secondary N) is 1. The second-order valence-corrected chi connectivity index (χ2v) is 6.01. The fraction of sp³-hybridized carbons (Fsp3) is 0.625. The topological polar surface area (TPSA) is 41.5 Å². The quantitative estimate of drug-likeness (QED) is 0.855. The van der Waals surface area contributed by atoms with E-state index in [4.69, 9.17) is 4.74 Å². The molecule has 104 valence electrons. The second kappa shape index (κ2) is 5.51. The van der Waals surface area contributed by atoms with Crippen molar-refractivity contribution in [3.05, 3.63) is 29.8 Å². The van der Waals surface area contributed by atoms with Gasteiger partial charge in [-0.25, -0.2) is 0 Å². The Labute approximate surface area is 115 Å². The molecule has 1 heterocycles. The van der Waals surface area contributed by atoms with Crippen LogP contribution in [-0.2, 0) is 11.2 Å². The fourth-order valence-electron chi connectivity index (χ4n) is 3.09. The largest absolute Gasteiger partial charge is 0.508 e. The van der Waals surface area contributed by atoms with Gasteiger partial charge in [-0.15, -0.1) is 0 Å². The van der Waals surface area contributed by atoms with Crippen LogP contribution in [0.15, 0.2) is 24.3 Å². The molecule has 0 aromatic heterocycles. The molecule has 1 aromatic rings. The van der Waals surface area contributed by atoms with E-state index in [1.807, 2.05) is 12.1 Å². The summed E-state index contributed by atoms with van der Waals surface area (Å²) in [7, 11) is 0. The lowest BCUT2D eigenvalue weighted by atomic mass is 10.0. The summed E-state index contributed by atoms with van der Waals surface area (Å²) in [4.78, 5) is 0. The summed E-state index contributed by atoms with van der Waals surface area (Å²) in [5.74, 6) is 1.14. The molecule has 2 N–H and O–H groups in total. The first kappa shape index (κ1) is 12.9. The molecule has 0 amide bonds. The third kappa shape index (κ3) is 3.28. The van der Waals surface area contributed by atoms with Gasteiger partial charge in [0.15, 0.2) is 0 Å². The van der Waals surface area contributed by atoms with Gasteiger partial charge in [-0.1, -0.05) is 12.1 Å². The first-order valence-corrected chi connectivity index (χ1v) is 7.38. The van der Waals surface area contributed by atoms with Crippen molar-refractivity contribution in [1.82, 2.24) is 5.32 Å². The average molecular weight is 261 g/mol. The smallest absolute Gasteiger partial charge is 0.115 e. The van der Waals surface area contributed by atoms with E-state index in [-0.39, 0.29) is 0 Å². The number of ether oxygens (including phenoxy) is 1. The lowest BCUT2D eigenvalue weighted by Crippen LogP contribution is -2.43. The Morgan fingerprint density at radius 1 is 1.26 bits per heavy atom. The van der Waals surface area contributed by atoms with Gasteiger partial charge >= 0.3 is 0 Å². The highest BCUT2D eigenvalue weighted by atomic mass is 16.5. The van der Waals surface area contributed by atoms with Crippen molar-refractivity contribution < 1.29 is 9.84 Å². The molecule has 1 saturated carbocycles. The predicted octanol–water partition coefficient (Wildman–Crippen LogP) is 2.48. The molecular weight excluding hydrogens is 238 g/mol. The summed E-state index contributed by atoms with van der Waals surface area (Å²) in [5.41, 5.74) is 1.26. The van der Waals surface area contributed by atoms with Crippen molar-refractivity contribution in [2.45, 2.75) is 50.8 Å². The van der Waals surface area contributed by atoms with Crippen LogP contribution in [0.4, 0.5) is 0 Å². The fourth-order valence-corrected chi connectivity index (χ4v) is 3.09. The molecule has 0 bridgehead atoms. The van der Waals surface area contributed by atoms with E-state index in [2.05, 4.69) is 12.2 Å². The maximum absolute atomic E-state index is 9.29. The minimum absolute atomic E-state index is 0.336. The van der Waals surface area contributed by atoms with Crippen LogP contribution >= 0.6 is 0 Å². The molecule has 2 aliphatic rings. The summed E-state index contributed by atoms with van der Waals surface area (Å²) >= 11 is 0. The molecule has 19 heavy (non-hydrogen) atoms. The van der Waals surface area contributed by atoms with Gasteiger partial charge in [-0.2, -0.15) is 0 Å². The highest BCUT2D eigenvalue weighted by molar-refractivity contribution is 5.26. The zero-order valence-electron chi connectivity index (χ0n) is 11.5. The molecule has 0 radical (unpaired) electrons. The zero-order valence-corrected chi connectivity index (χ0v) is 11.5. The van der Waals surface area contributed by atoms with Crippen LogP contribution < -0.4 is 5.32 Å². The molecule has 3 heteroatoms. The molecule has 1 saturated heterocycles. The predicted molar refractivity (Wildman–Crippen MR) is 75.3 cm³/mol. The van der Waals surface area contributed by atoms with Crippen molar-refractivity contribution in [2.24, 2.45) is 5.92 Å². The Kier molecular flexibility index (Phi) is 3.76. The Morgan fingerprint density at radius 2 is 2.00 bits per heavy atom. The van der Waals surface area contributed by atoms with E-state index in [9.17, 15) is 5.11 Å². The number of benzene rings is 1. The van der Waals surface area contributed by atoms with Gasteiger partial charge in [0.2, 0.25) is 0 Å². The normalized spacial score (nSPS) is 28.5. The van der Waals surface area contributed by atoms with Gasteiger partial charge in [0.1, 0.15) is 5.75 Å². The zero-order chi connectivity index (χ0) is 13.2. The number of phenols is 1. The first-order valence-electron chi connectivity index (χ1n) is 7.38. The molecule has 3 atom stereocenters. The van der Waals surface area contributed by atoms with Crippen molar-refractivity contribution in [3.8, 4) is 5.75 Å². The van der Waals surface area contributed by atoms with Gasteiger partial charge in [0.25, 0.3) is 0 Å². The Hall–Kier alpha value is -1.06. The van der Waals surface area contributed by atoms with Crippen LogP contribution in [0.2, 0.25) is 0 Å². The average Bonchev–Trinajstić information content (AvgIpc) is 3.13. The molecule has 0 spiro atoms. The SMILES string of the molecule is CC(Cc1ccc(O)cc1)NC1CCOC1C1CC1. The Bertz CT molecular complexity index is 413. The van der Waals surface area contributed by atoms with Gasteiger partial charge in [-0.3, -0.25) is 0 Å². The minimum Gasteiger partial charge on any atom is -0.508 e. The van der Waals surface area contributed by atoms with E-state index in [0.717, 1.165) is 25.4 Å². The summed E-state index contributed by atoms with van der Waals surface area (Å²) in [6.45, 7) is 3.14. The van der Waals surface area contributed by atoms with Crippen molar-refractivity contribution >= 4 is 0 Å². The highest BCUT2D eigenvalue weighted by Crippen LogP contribution is 2.38. The molecule has 3 rings (SSSR count). The standard InChI is InChI=1S/C16H23NO2/c1-11(10-12-2-6-14(18)7-3-12)17-15-8-9-19-16(15)13-4-5-13/h2-3,6-7,11,13,15-18H,4-5,8-10H2,1H3. The number of rotatable bonds is 5. The minimum atomic E-state index is 0.336. The summed E-state index contributed by atoms with van der Waals surface area (Å²) < 4.78 is 5.86. The molecule has 2 fully saturated rings. The first-order chi connectivity index (χ1) is 9.22. The maximum Gasteiger partial charge on any atom is 0.115 e. The van der Waals surface area contributed by atoms with E-state index < -0.39 is 0 Å². The third-order valence-corrected chi connectivity index (χ3v) is 4.20.